The van der Waals surface area contributed by atoms with Gasteiger partial charge in [0.1, 0.15) is 0 Å². The van der Waals surface area contributed by atoms with Gasteiger partial charge < -0.3 is 10.6 Å². The summed E-state index contributed by atoms with van der Waals surface area (Å²) in [5, 5.41) is 6.35. The zero-order valence-electron chi connectivity index (χ0n) is 18.0. The number of pyridine rings is 2. The van der Waals surface area contributed by atoms with Crippen molar-refractivity contribution in [2.45, 2.75) is 69.9 Å². The molecule has 2 fully saturated rings. The lowest BCUT2D eigenvalue weighted by Gasteiger charge is -2.34. The van der Waals surface area contributed by atoms with Gasteiger partial charge in [-0.25, -0.2) is 0 Å². The van der Waals surface area contributed by atoms with Gasteiger partial charge in [0, 0.05) is 36.9 Å². The lowest BCUT2D eigenvalue weighted by Crippen LogP contribution is -2.39. The van der Waals surface area contributed by atoms with E-state index in [0.717, 1.165) is 37.5 Å². The average molecular weight is 421 g/mol. The zero-order valence-corrected chi connectivity index (χ0v) is 18.0. The normalized spacial score (nSPS) is 26.1. The Hall–Kier alpha value is -2.76. The minimum Gasteiger partial charge on any atom is -0.349 e. The third-order valence-electron chi connectivity index (χ3n) is 6.88. The molecule has 0 radical (unpaired) electrons. The Morgan fingerprint density at radius 3 is 1.48 bits per heavy atom. The maximum atomic E-state index is 12.3. The highest BCUT2D eigenvalue weighted by molar-refractivity contribution is 5.94. The molecule has 6 nitrogen and oxygen atoms in total. The third-order valence-corrected chi connectivity index (χ3v) is 6.88. The number of carbonyl (C=O) groups is 2. The fourth-order valence-corrected chi connectivity index (χ4v) is 5.09. The van der Waals surface area contributed by atoms with E-state index in [1.54, 1.807) is 36.9 Å². The first-order chi connectivity index (χ1) is 15.2. The van der Waals surface area contributed by atoms with Gasteiger partial charge in [-0.05, 0) is 93.9 Å². The molecule has 2 heterocycles. The van der Waals surface area contributed by atoms with Gasteiger partial charge in [0.15, 0.2) is 0 Å². The van der Waals surface area contributed by atoms with Gasteiger partial charge in [-0.15, -0.1) is 0 Å². The summed E-state index contributed by atoms with van der Waals surface area (Å²) in [6, 6.07) is 7.77. The Morgan fingerprint density at radius 1 is 0.710 bits per heavy atom. The molecule has 0 saturated heterocycles. The van der Waals surface area contributed by atoms with Crippen LogP contribution in [-0.2, 0) is 0 Å². The molecule has 0 aliphatic heterocycles. The topological polar surface area (TPSA) is 84.0 Å². The van der Waals surface area contributed by atoms with Crippen molar-refractivity contribution in [3.8, 4) is 0 Å². The molecule has 2 saturated carbocycles. The summed E-state index contributed by atoms with van der Waals surface area (Å²) in [6.07, 6.45) is 16.9. The van der Waals surface area contributed by atoms with Crippen LogP contribution in [0.1, 0.15) is 78.5 Å². The lowest BCUT2D eigenvalue weighted by atomic mass is 9.75. The Kier molecular flexibility index (Phi) is 7.28. The highest BCUT2D eigenvalue weighted by Crippen LogP contribution is 2.35. The second-order valence-corrected chi connectivity index (χ2v) is 9.10. The summed E-state index contributed by atoms with van der Waals surface area (Å²) in [5.41, 5.74) is 1.27. The quantitative estimate of drug-likeness (QED) is 0.735. The van der Waals surface area contributed by atoms with Crippen LogP contribution in [0.3, 0.4) is 0 Å². The molecule has 2 N–H and O–H groups in total. The number of hydrogen-bond acceptors (Lipinski definition) is 4. The minimum atomic E-state index is -0.0109. The van der Waals surface area contributed by atoms with E-state index in [9.17, 15) is 9.59 Å². The molecule has 2 aliphatic carbocycles. The molecule has 0 bridgehead atoms. The van der Waals surface area contributed by atoms with Crippen molar-refractivity contribution in [1.29, 1.82) is 0 Å². The van der Waals surface area contributed by atoms with E-state index >= 15 is 0 Å². The maximum Gasteiger partial charge on any atom is 0.253 e. The van der Waals surface area contributed by atoms with Gasteiger partial charge in [0.25, 0.3) is 11.8 Å². The van der Waals surface area contributed by atoms with Crippen LogP contribution in [0.5, 0.6) is 0 Å². The first kappa shape index (κ1) is 21.5. The zero-order chi connectivity index (χ0) is 21.5. The summed E-state index contributed by atoms with van der Waals surface area (Å²) < 4.78 is 0. The number of amides is 2. The van der Waals surface area contributed by atoms with Crippen molar-refractivity contribution in [2.24, 2.45) is 11.8 Å². The molecule has 164 valence electrons. The van der Waals surface area contributed by atoms with Crippen LogP contribution in [0.15, 0.2) is 49.1 Å². The van der Waals surface area contributed by atoms with Crippen molar-refractivity contribution in [3.63, 3.8) is 0 Å². The van der Waals surface area contributed by atoms with Gasteiger partial charge in [0.2, 0.25) is 0 Å². The maximum absolute atomic E-state index is 12.3. The summed E-state index contributed by atoms with van der Waals surface area (Å²) in [5.74, 6) is 1.50. The van der Waals surface area contributed by atoms with Crippen LogP contribution < -0.4 is 10.6 Å². The van der Waals surface area contributed by atoms with Crippen LogP contribution in [0.4, 0.5) is 0 Å². The minimum absolute atomic E-state index is 0.0109. The molecule has 2 aromatic rings. The van der Waals surface area contributed by atoms with Crippen molar-refractivity contribution in [1.82, 2.24) is 20.6 Å². The number of nitrogens with one attached hydrogen (secondary N) is 2. The Morgan fingerprint density at radius 2 is 1.13 bits per heavy atom. The van der Waals surface area contributed by atoms with Crippen molar-refractivity contribution >= 4 is 11.8 Å². The average Bonchev–Trinajstić information content (AvgIpc) is 2.82. The van der Waals surface area contributed by atoms with E-state index in [1.807, 2.05) is 12.1 Å². The molecule has 2 amide bonds. The van der Waals surface area contributed by atoms with Crippen LogP contribution in [0, 0.1) is 11.8 Å². The highest BCUT2D eigenvalue weighted by Gasteiger charge is 2.28. The Balaban J connectivity index is 1.14. The SMILES string of the molecule is O=C(NC1CCC(CC2CCC(NC(=O)c3cccnc3)CC2)CC1)c1cccnc1. The van der Waals surface area contributed by atoms with E-state index in [0.29, 0.717) is 11.1 Å². The molecular formula is C25H32N4O2. The Bertz CT molecular complexity index is 771. The van der Waals surface area contributed by atoms with Crippen LogP contribution >= 0.6 is 0 Å². The van der Waals surface area contributed by atoms with Crippen molar-refractivity contribution < 1.29 is 9.59 Å². The fraction of sp³-hybridized carbons (Fsp3) is 0.520. The van der Waals surface area contributed by atoms with Crippen molar-refractivity contribution in [3.05, 3.63) is 60.2 Å². The van der Waals surface area contributed by atoms with Gasteiger partial charge in [-0.3, -0.25) is 19.6 Å². The van der Waals surface area contributed by atoms with E-state index in [2.05, 4.69) is 20.6 Å². The number of nitrogens with zero attached hydrogens (tertiary/aromatic N) is 2. The molecule has 0 atom stereocenters. The first-order valence-corrected chi connectivity index (χ1v) is 11.6. The predicted octanol–water partition coefficient (Wildman–Crippen LogP) is 4.14. The number of hydrogen-bond donors (Lipinski definition) is 2. The fourth-order valence-electron chi connectivity index (χ4n) is 5.09. The van der Waals surface area contributed by atoms with Crippen LogP contribution in [-0.4, -0.2) is 33.9 Å². The lowest BCUT2D eigenvalue weighted by molar-refractivity contribution is 0.0917. The van der Waals surface area contributed by atoms with Gasteiger partial charge >= 0.3 is 0 Å². The predicted molar refractivity (Wildman–Crippen MR) is 120 cm³/mol. The van der Waals surface area contributed by atoms with Crippen molar-refractivity contribution in [2.75, 3.05) is 0 Å². The standard InChI is InChI=1S/C25H32N4O2/c30-24(20-3-1-13-26-16-20)28-22-9-5-18(6-10-22)15-19-7-11-23(12-8-19)29-25(31)21-4-2-14-27-17-21/h1-4,13-14,16-19,22-23H,5-12,15H2,(H,28,30)(H,29,31). The molecule has 2 aliphatic rings. The van der Waals surface area contributed by atoms with Gasteiger partial charge in [-0.1, -0.05) is 0 Å². The van der Waals surface area contributed by atoms with Gasteiger partial charge in [-0.2, -0.15) is 0 Å². The molecule has 6 heteroatoms. The molecule has 31 heavy (non-hydrogen) atoms. The third kappa shape index (κ3) is 6.12. The molecule has 0 unspecified atom stereocenters. The molecular weight excluding hydrogens is 388 g/mol. The second kappa shape index (κ2) is 10.5. The summed E-state index contributed by atoms with van der Waals surface area (Å²) in [7, 11) is 0. The summed E-state index contributed by atoms with van der Waals surface area (Å²) in [4.78, 5) is 32.7. The van der Waals surface area contributed by atoms with E-state index in [1.165, 1.54) is 32.1 Å². The monoisotopic (exact) mass is 420 g/mol. The molecule has 2 aromatic heterocycles. The van der Waals surface area contributed by atoms with E-state index in [4.69, 9.17) is 0 Å². The molecule has 4 rings (SSSR count). The number of carbonyl (C=O) groups excluding carboxylic acids is 2. The Labute approximate surface area is 184 Å². The smallest absolute Gasteiger partial charge is 0.253 e. The van der Waals surface area contributed by atoms with Gasteiger partial charge in [0.05, 0.1) is 11.1 Å². The number of rotatable bonds is 6. The second-order valence-electron chi connectivity index (χ2n) is 9.10. The molecule has 0 aromatic carbocycles. The first-order valence-electron chi connectivity index (χ1n) is 11.6. The summed E-state index contributed by atoms with van der Waals surface area (Å²) in [6.45, 7) is 0. The van der Waals surface area contributed by atoms with E-state index in [-0.39, 0.29) is 23.9 Å². The van der Waals surface area contributed by atoms with E-state index < -0.39 is 0 Å². The van der Waals surface area contributed by atoms with Crippen LogP contribution in [0.2, 0.25) is 0 Å². The largest absolute Gasteiger partial charge is 0.349 e. The molecule has 0 spiro atoms. The van der Waals surface area contributed by atoms with Crippen LogP contribution in [0.25, 0.3) is 0 Å². The number of aromatic nitrogens is 2. The summed E-state index contributed by atoms with van der Waals surface area (Å²) >= 11 is 0. The highest BCUT2D eigenvalue weighted by atomic mass is 16.2.